The van der Waals surface area contributed by atoms with Crippen LogP contribution in [-0.2, 0) is 19.6 Å². The van der Waals surface area contributed by atoms with Crippen LogP contribution in [0.3, 0.4) is 0 Å². The summed E-state index contributed by atoms with van der Waals surface area (Å²) in [5, 5.41) is 10.3. The highest BCUT2D eigenvalue weighted by molar-refractivity contribution is 5.96. The molecule has 2 aromatic heterocycles. The van der Waals surface area contributed by atoms with Crippen molar-refractivity contribution in [3.05, 3.63) is 107 Å². The standard InChI is InChI=1S/C27H26N4O/c1-20-17-29-26-24-12-5-6-13-25(24)27(30-31(20)26)32-19-23-11-7-10-22(16-23)18-28-15-14-21-8-3-2-4-9-21/h2-13,16-17,28H,14-15,18-19H2,1H3. The van der Waals surface area contributed by atoms with E-state index < -0.39 is 0 Å². The number of nitrogens with zero attached hydrogens (tertiary/aromatic N) is 3. The first-order chi connectivity index (χ1) is 15.8. The number of aromatic nitrogens is 3. The third-order valence-corrected chi connectivity index (χ3v) is 5.63. The Morgan fingerprint density at radius 1 is 0.844 bits per heavy atom. The van der Waals surface area contributed by atoms with Gasteiger partial charge in [0.05, 0.1) is 11.9 Å². The van der Waals surface area contributed by atoms with Crippen molar-refractivity contribution in [1.29, 1.82) is 0 Å². The summed E-state index contributed by atoms with van der Waals surface area (Å²) in [6.07, 6.45) is 2.87. The van der Waals surface area contributed by atoms with Gasteiger partial charge in [0, 0.05) is 17.3 Å². The zero-order chi connectivity index (χ0) is 21.8. The second-order valence-corrected chi connectivity index (χ2v) is 8.01. The Morgan fingerprint density at radius 2 is 1.59 bits per heavy atom. The van der Waals surface area contributed by atoms with E-state index in [0.29, 0.717) is 12.5 Å². The number of hydrogen-bond donors (Lipinski definition) is 1. The van der Waals surface area contributed by atoms with Gasteiger partial charge in [0.15, 0.2) is 5.65 Å². The van der Waals surface area contributed by atoms with Gasteiger partial charge in [-0.3, -0.25) is 0 Å². The maximum absolute atomic E-state index is 6.20. The highest BCUT2D eigenvalue weighted by Crippen LogP contribution is 2.27. The van der Waals surface area contributed by atoms with Gasteiger partial charge in [-0.15, -0.1) is 5.10 Å². The Labute approximate surface area is 187 Å². The van der Waals surface area contributed by atoms with Crippen molar-refractivity contribution in [2.24, 2.45) is 0 Å². The Kier molecular flexibility index (Phi) is 5.81. The molecule has 0 amide bonds. The van der Waals surface area contributed by atoms with E-state index in [2.05, 4.69) is 71.0 Å². The van der Waals surface area contributed by atoms with Crippen LogP contribution < -0.4 is 10.1 Å². The van der Waals surface area contributed by atoms with Crippen LogP contribution in [-0.4, -0.2) is 21.1 Å². The predicted molar refractivity (Wildman–Crippen MR) is 128 cm³/mol. The molecule has 0 radical (unpaired) electrons. The Morgan fingerprint density at radius 3 is 2.47 bits per heavy atom. The van der Waals surface area contributed by atoms with Crippen LogP contribution in [0.5, 0.6) is 5.88 Å². The number of fused-ring (bicyclic) bond motifs is 3. The number of hydrogen-bond acceptors (Lipinski definition) is 4. The molecular weight excluding hydrogens is 396 g/mol. The van der Waals surface area contributed by atoms with E-state index in [4.69, 9.17) is 9.84 Å². The maximum Gasteiger partial charge on any atom is 0.240 e. The SMILES string of the molecule is Cc1cnc2c3ccccc3c(OCc3cccc(CNCCc4ccccc4)c3)nn12. The summed E-state index contributed by atoms with van der Waals surface area (Å²) < 4.78 is 8.05. The van der Waals surface area contributed by atoms with Gasteiger partial charge in [-0.1, -0.05) is 72.8 Å². The van der Waals surface area contributed by atoms with Crippen LogP contribution in [0.2, 0.25) is 0 Å². The molecule has 5 nitrogen and oxygen atoms in total. The van der Waals surface area contributed by atoms with E-state index in [-0.39, 0.29) is 0 Å². The van der Waals surface area contributed by atoms with Gasteiger partial charge in [0.1, 0.15) is 6.61 Å². The number of nitrogens with one attached hydrogen (secondary N) is 1. The summed E-state index contributed by atoms with van der Waals surface area (Å²) in [4.78, 5) is 4.51. The van der Waals surface area contributed by atoms with Crippen LogP contribution in [0.15, 0.2) is 85.1 Å². The minimum Gasteiger partial charge on any atom is -0.471 e. The molecule has 0 aliphatic carbocycles. The van der Waals surface area contributed by atoms with Gasteiger partial charge in [-0.05, 0) is 42.6 Å². The Bertz CT molecular complexity index is 1340. The maximum atomic E-state index is 6.20. The molecule has 0 aliphatic heterocycles. The Hall–Kier alpha value is -3.70. The molecule has 5 heteroatoms. The van der Waals surface area contributed by atoms with Crippen LogP contribution in [0.1, 0.15) is 22.4 Å². The van der Waals surface area contributed by atoms with Gasteiger partial charge in [-0.25, -0.2) is 9.50 Å². The zero-order valence-electron chi connectivity index (χ0n) is 18.2. The molecule has 160 valence electrons. The van der Waals surface area contributed by atoms with Crippen LogP contribution in [0.25, 0.3) is 16.4 Å². The summed E-state index contributed by atoms with van der Waals surface area (Å²) >= 11 is 0. The first kappa shape index (κ1) is 20.2. The van der Waals surface area contributed by atoms with E-state index in [1.54, 1.807) is 0 Å². The highest BCUT2D eigenvalue weighted by atomic mass is 16.5. The van der Waals surface area contributed by atoms with Crippen molar-refractivity contribution in [2.75, 3.05) is 6.54 Å². The number of imidazole rings is 1. The van der Waals surface area contributed by atoms with Crippen LogP contribution in [0, 0.1) is 6.92 Å². The van der Waals surface area contributed by atoms with E-state index in [1.165, 1.54) is 11.1 Å². The first-order valence-corrected chi connectivity index (χ1v) is 11.0. The second-order valence-electron chi connectivity index (χ2n) is 8.01. The molecule has 0 saturated carbocycles. The summed E-state index contributed by atoms with van der Waals surface area (Å²) in [5.41, 5.74) is 5.57. The fourth-order valence-electron chi connectivity index (χ4n) is 3.95. The molecule has 0 unspecified atom stereocenters. The summed E-state index contributed by atoms with van der Waals surface area (Å²) in [6, 6.07) is 27.2. The van der Waals surface area contributed by atoms with Crippen molar-refractivity contribution in [3.8, 4) is 5.88 Å². The molecule has 3 aromatic carbocycles. The number of aryl methyl sites for hydroxylation is 1. The topological polar surface area (TPSA) is 51.5 Å². The fraction of sp³-hybridized carbons (Fsp3) is 0.185. The van der Waals surface area contributed by atoms with E-state index in [9.17, 15) is 0 Å². The molecule has 0 saturated heterocycles. The van der Waals surface area contributed by atoms with Crippen LogP contribution >= 0.6 is 0 Å². The predicted octanol–water partition coefficient (Wildman–Crippen LogP) is 5.10. The second kappa shape index (κ2) is 9.20. The smallest absolute Gasteiger partial charge is 0.240 e. The van der Waals surface area contributed by atoms with Gasteiger partial charge < -0.3 is 10.1 Å². The highest BCUT2D eigenvalue weighted by Gasteiger charge is 2.12. The average Bonchev–Trinajstić information content (AvgIpc) is 3.22. The van der Waals surface area contributed by atoms with Crippen LogP contribution in [0.4, 0.5) is 0 Å². The first-order valence-electron chi connectivity index (χ1n) is 11.0. The summed E-state index contributed by atoms with van der Waals surface area (Å²) in [6.45, 7) is 4.25. The molecule has 1 N–H and O–H groups in total. The molecule has 0 aliphatic rings. The third kappa shape index (κ3) is 4.34. The number of rotatable bonds is 8. The number of benzene rings is 3. The largest absolute Gasteiger partial charge is 0.471 e. The zero-order valence-corrected chi connectivity index (χ0v) is 18.2. The monoisotopic (exact) mass is 422 g/mol. The molecule has 5 aromatic rings. The quantitative estimate of drug-likeness (QED) is 0.353. The lowest BCUT2D eigenvalue weighted by Gasteiger charge is -2.11. The van der Waals surface area contributed by atoms with Gasteiger partial charge in [-0.2, -0.15) is 0 Å². The molecule has 0 bridgehead atoms. The van der Waals surface area contributed by atoms with Crippen molar-refractivity contribution >= 4 is 16.4 Å². The molecular formula is C27H26N4O. The van der Waals surface area contributed by atoms with Crippen molar-refractivity contribution in [3.63, 3.8) is 0 Å². The summed E-state index contributed by atoms with van der Waals surface area (Å²) in [7, 11) is 0. The van der Waals surface area contributed by atoms with Crippen molar-refractivity contribution in [1.82, 2.24) is 19.9 Å². The minimum absolute atomic E-state index is 0.466. The van der Waals surface area contributed by atoms with Crippen molar-refractivity contribution in [2.45, 2.75) is 26.5 Å². The Balaban J connectivity index is 1.26. The third-order valence-electron chi connectivity index (χ3n) is 5.63. The lowest BCUT2D eigenvalue weighted by molar-refractivity contribution is 0.293. The lowest BCUT2D eigenvalue weighted by Crippen LogP contribution is -2.16. The normalized spacial score (nSPS) is 11.3. The minimum atomic E-state index is 0.466. The van der Waals surface area contributed by atoms with Gasteiger partial charge >= 0.3 is 0 Å². The lowest BCUT2D eigenvalue weighted by atomic mass is 10.1. The molecule has 32 heavy (non-hydrogen) atoms. The molecule has 0 atom stereocenters. The van der Waals surface area contributed by atoms with E-state index in [1.807, 2.05) is 35.8 Å². The molecule has 0 spiro atoms. The van der Waals surface area contributed by atoms with E-state index in [0.717, 1.165) is 47.2 Å². The average molecular weight is 423 g/mol. The number of ether oxygens (including phenoxy) is 1. The summed E-state index contributed by atoms with van der Waals surface area (Å²) in [5.74, 6) is 0.626. The molecule has 2 heterocycles. The van der Waals surface area contributed by atoms with Gasteiger partial charge in [0.2, 0.25) is 5.88 Å². The van der Waals surface area contributed by atoms with E-state index >= 15 is 0 Å². The van der Waals surface area contributed by atoms with Crippen molar-refractivity contribution < 1.29 is 4.74 Å². The molecule has 0 fully saturated rings. The fourth-order valence-corrected chi connectivity index (χ4v) is 3.95. The molecule has 5 rings (SSSR count). The van der Waals surface area contributed by atoms with Gasteiger partial charge in [0.25, 0.3) is 0 Å².